The van der Waals surface area contributed by atoms with Gasteiger partial charge in [0.15, 0.2) is 10.9 Å². The summed E-state index contributed by atoms with van der Waals surface area (Å²) < 4.78 is 11.3. The molecular formula is C26H21ClN2O4S2. The largest absolute Gasteiger partial charge is 0.497 e. The third-order valence-electron chi connectivity index (χ3n) is 5.19. The minimum Gasteiger partial charge on any atom is -0.497 e. The van der Waals surface area contributed by atoms with Gasteiger partial charge >= 0.3 is 0 Å². The number of anilines is 2. The minimum absolute atomic E-state index is 0.172. The number of rotatable bonds is 7. The molecule has 0 aliphatic carbocycles. The Labute approximate surface area is 217 Å². The van der Waals surface area contributed by atoms with Crippen LogP contribution in [-0.2, 0) is 9.59 Å². The Morgan fingerprint density at radius 1 is 1.11 bits per heavy atom. The third-order valence-corrected chi connectivity index (χ3v) is 6.90. The van der Waals surface area contributed by atoms with E-state index in [0.717, 1.165) is 11.1 Å². The lowest BCUT2D eigenvalue weighted by Gasteiger charge is -2.14. The first-order valence-electron chi connectivity index (χ1n) is 10.6. The van der Waals surface area contributed by atoms with Crippen molar-refractivity contribution < 1.29 is 19.1 Å². The highest BCUT2D eigenvalue weighted by Crippen LogP contribution is 2.36. The van der Waals surface area contributed by atoms with Gasteiger partial charge in [-0.25, -0.2) is 0 Å². The van der Waals surface area contributed by atoms with Crippen molar-refractivity contribution in [1.82, 2.24) is 0 Å². The molecule has 0 unspecified atom stereocenters. The van der Waals surface area contributed by atoms with Crippen molar-refractivity contribution >= 4 is 69.2 Å². The second-order valence-electron chi connectivity index (χ2n) is 7.54. The fraction of sp³-hybridized carbons (Fsp3) is 0.115. The Morgan fingerprint density at radius 3 is 2.60 bits per heavy atom. The average molecular weight is 525 g/mol. The quantitative estimate of drug-likeness (QED) is 0.298. The molecule has 178 valence electrons. The summed E-state index contributed by atoms with van der Waals surface area (Å²) in [6.45, 7) is 1.66. The number of ether oxygens (including phenoxy) is 2. The number of nitrogens with zero attached hydrogens (tertiary/aromatic N) is 1. The van der Waals surface area contributed by atoms with Gasteiger partial charge in [-0.2, -0.15) is 0 Å². The van der Waals surface area contributed by atoms with Crippen LogP contribution < -0.4 is 19.7 Å². The van der Waals surface area contributed by atoms with Crippen molar-refractivity contribution in [3.8, 4) is 11.5 Å². The number of thiocarbonyl (C=S) groups is 1. The smallest absolute Gasteiger partial charge is 0.270 e. The number of carbonyl (C=O) groups is 2. The van der Waals surface area contributed by atoms with Crippen molar-refractivity contribution in [2.45, 2.75) is 6.92 Å². The van der Waals surface area contributed by atoms with Gasteiger partial charge in [0.05, 0.1) is 17.7 Å². The van der Waals surface area contributed by atoms with Crippen LogP contribution in [0.1, 0.15) is 11.1 Å². The van der Waals surface area contributed by atoms with Gasteiger partial charge < -0.3 is 14.8 Å². The number of hydrogen-bond acceptors (Lipinski definition) is 6. The fourth-order valence-corrected chi connectivity index (χ4v) is 4.82. The number of methoxy groups -OCH3 is 1. The summed E-state index contributed by atoms with van der Waals surface area (Å²) in [6, 6.07) is 19.6. The van der Waals surface area contributed by atoms with Crippen LogP contribution in [0.5, 0.6) is 11.5 Å². The fourth-order valence-electron chi connectivity index (χ4n) is 3.35. The van der Waals surface area contributed by atoms with Crippen molar-refractivity contribution in [3.63, 3.8) is 0 Å². The Kier molecular flexibility index (Phi) is 7.75. The van der Waals surface area contributed by atoms with Crippen molar-refractivity contribution in [1.29, 1.82) is 0 Å². The summed E-state index contributed by atoms with van der Waals surface area (Å²) in [5.74, 6) is 0.694. The van der Waals surface area contributed by atoms with Crippen LogP contribution in [0, 0.1) is 6.92 Å². The molecule has 1 fully saturated rings. The zero-order valence-corrected chi connectivity index (χ0v) is 21.3. The van der Waals surface area contributed by atoms with E-state index < -0.39 is 0 Å². The van der Waals surface area contributed by atoms with Gasteiger partial charge in [0.25, 0.3) is 11.8 Å². The molecule has 0 saturated carbocycles. The zero-order chi connectivity index (χ0) is 24.9. The molecule has 1 N–H and O–H groups in total. The van der Waals surface area contributed by atoms with Gasteiger partial charge in [-0.05, 0) is 72.7 Å². The maximum Gasteiger partial charge on any atom is 0.270 e. The van der Waals surface area contributed by atoms with Crippen LogP contribution >= 0.6 is 35.6 Å². The monoisotopic (exact) mass is 524 g/mol. The first kappa shape index (κ1) is 24.8. The third kappa shape index (κ3) is 5.85. The van der Waals surface area contributed by atoms with Crippen molar-refractivity contribution in [2.75, 3.05) is 23.9 Å². The van der Waals surface area contributed by atoms with Gasteiger partial charge in [-0.3, -0.25) is 14.5 Å². The summed E-state index contributed by atoms with van der Waals surface area (Å²) in [5.41, 5.74) is 2.86. The molecule has 4 rings (SSSR count). The first-order valence-corrected chi connectivity index (χ1v) is 12.2. The van der Waals surface area contributed by atoms with Crippen LogP contribution in [-0.4, -0.2) is 29.9 Å². The molecule has 1 aliphatic heterocycles. The van der Waals surface area contributed by atoms with Gasteiger partial charge in [0.1, 0.15) is 11.5 Å². The molecule has 0 atom stereocenters. The second kappa shape index (κ2) is 10.9. The summed E-state index contributed by atoms with van der Waals surface area (Å²) in [6.07, 6.45) is 1.76. The molecule has 3 aromatic rings. The van der Waals surface area contributed by atoms with Crippen LogP contribution in [0.3, 0.4) is 0 Å². The lowest BCUT2D eigenvalue weighted by atomic mass is 10.2. The van der Waals surface area contributed by atoms with Crippen LogP contribution in [0.15, 0.2) is 71.6 Å². The highest BCUT2D eigenvalue weighted by Gasteiger charge is 2.33. The maximum absolute atomic E-state index is 13.0. The topological polar surface area (TPSA) is 67.9 Å². The highest BCUT2D eigenvalue weighted by molar-refractivity contribution is 8.27. The van der Waals surface area contributed by atoms with Crippen LogP contribution in [0.25, 0.3) is 6.08 Å². The molecule has 35 heavy (non-hydrogen) atoms. The van der Waals surface area contributed by atoms with Crippen molar-refractivity contribution in [2.24, 2.45) is 0 Å². The average Bonchev–Trinajstić information content (AvgIpc) is 3.13. The van der Waals surface area contributed by atoms with Gasteiger partial charge in [0.2, 0.25) is 0 Å². The molecule has 1 heterocycles. The van der Waals surface area contributed by atoms with Crippen LogP contribution in [0.2, 0.25) is 5.02 Å². The number of halogens is 1. The lowest BCUT2D eigenvalue weighted by molar-refractivity contribution is -0.118. The Hall–Kier alpha value is -3.33. The molecule has 1 aliphatic rings. The molecule has 0 bridgehead atoms. The molecule has 2 amide bonds. The maximum atomic E-state index is 13.0. The van der Waals surface area contributed by atoms with E-state index in [4.69, 9.17) is 33.3 Å². The molecule has 3 aromatic carbocycles. The standard InChI is InChI=1S/C26H21ClN2O4S2/c1-16-21(27)7-4-8-22(16)28-24(30)15-33-20-6-3-5-17(13-20)14-23-25(31)29(26(34)35-23)18-9-11-19(32-2)12-10-18/h3-14H,15H2,1-2H3,(H,28,30)/b23-14-. The molecule has 0 aromatic heterocycles. The zero-order valence-electron chi connectivity index (χ0n) is 18.9. The molecule has 6 nitrogen and oxygen atoms in total. The number of hydrogen-bond donors (Lipinski definition) is 1. The van der Waals surface area contributed by atoms with E-state index >= 15 is 0 Å². The Balaban J connectivity index is 1.42. The molecular weight excluding hydrogens is 504 g/mol. The van der Waals surface area contributed by atoms with E-state index in [-0.39, 0.29) is 18.4 Å². The van der Waals surface area contributed by atoms with Crippen molar-refractivity contribution in [3.05, 3.63) is 87.8 Å². The second-order valence-corrected chi connectivity index (χ2v) is 9.62. The summed E-state index contributed by atoms with van der Waals surface area (Å²) in [5, 5.41) is 3.37. The van der Waals surface area contributed by atoms with E-state index in [1.54, 1.807) is 73.8 Å². The minimum atomic E-state index is -0.305. The molecule has 0 spiro atoms. The molecule has 1 saturated heterocycles. The summed E-state index contributed by atoms with van der Waals surface area (Å²) >= 11 is 12.8. The summed E-state index contributed by atoms with van der Waals surface area (Å²) in [4.78, 5) is 27.4. The molecule has 9 heteroatoms. The number of thioether (sulfide) groups is 1. The number of nitrogens with one attached hydrogen (secondary N) is 1. The predicted octanol–water partition coefficient (Wildman–Crippen LogP) is 6.08. The van der Waals surface area contributed by atoms with Gasteiger partial charge in [0, 0.05) is 10.7 Å². The lowest BCUT2D eigenvalue weighted by Crippen LogP contribution is -2.27. The normalized spacial score (nSPS) is 14.4. The number of benzene rings is 3. The summed E-state index contributed by atoms with van der Waals surface area (Å²) in [7, 11) is 1.59. The Morgan fingerprint density at radius 2 is 1.86 bits per heavy atom. The van der Waals surface area contributed by atoms with Crippen LogP contribution in [0.4, 0.5) is 11.4 Å². The predicted molar refractivity (Wildman–Crippen MR) is 145 cm³/mol. The van der Waals surface area contributed by atoms with E-state index in [1.165, 1.54) is 16.7 Å². The van der Waals surface area contributed by atoms with E-state index in [0.29, 0.717) is 37.1 Å². The van der Waals surface area contributed by atoms with E-state index in [9.17, 15) is 9.59 Å². The SMILES string of the molecule is COc1ccc(N2C(=O)/C(=C/c3cccc(OCC(=O)Nc4cccc(Cl)c4C)c3)SC2=S)cc1. The number of amides is 2. The van der Waals surface area contributed by atoms with Gasteiger partial charge in [-0.1, -0.05) is 53.8 Å². The highest BCUT2D eigenvalue weighted by atomic mass is 35.5. The van der Waals surface area contributed by atoms with Gasteiger partial charge in [-0.15, -0.1) is 0 Å². The van der Waals surface area contributed by atoms with E-state index in [1.807, 2.05) is 13.0 Å². The molecule has 0 radical (unpaired) electrons. The first-order chi connectivity index (χ1) is 16.9. The Bertz CT molecular complexity index is 1330. The number of carbonyl (C=O) groups excluding carboxylic acids is 2. The van der Waals surface area contributed by atoms with E-state index in [2.05, 4.69) is 5.32 Å².